The number of benzene rings is 2. The molecule has 0 saturated carbocycles. The standard InChI is InChI=1S/C17H16O3/c1-13-8-6-7-11-15(13)16(12-17(18)19-2)20-14-9-4-3-5-10-14/h3-12H,1-2H3/b16-12+. The van der Waals surface area contributed by atoms with Crippen molar-refractivity contribution in [1.29, 1.82) is 0 Å². The van der Waals surface area contributed by atoms with Gasteiger partial charge in [0.05, 0.1) is 13.2 Å². The Bertz CT molecular complexity index is 615. The molecule has 0 unspecified atom stereocenters. The van der Waals surface area contributed by atoms with Crippen molar-refractivity contribution in [2.24, 2.45) is 0 Å². The third-order valence-corrected chi connectivity index (χ3v) is 2.83. The van der Waals surface area contributed by atoms with Gasteiger partial charge in [0.25, 0.3) is 0 Å². The van der Waals surface area contributed by atoms with Crippen LogP contribution in [0.5, 0.6) is 5.75 Å². The van der Waals surface area contributed by atoms with Crippen molar-refractivity contribution in [1.82, 2.24) is 0 Å². The lowest BCUT2D eigenvalue weighted by Crippen LogP contribution is -2.03. The maximum Gasteiger partial charge on any atom is 0.334 e. The van der Waals surface area contributed by atoms with Crippen LogP contribution in [0.1, 0.15) is 11.1 Å². The summed E-state index contributed by atoms with van der Waals surface area (Å²) < 4.78 is 10.5. The van der Waals surface area contributed by atoms with Gasteiger partial charge in [-0.05, 0) is 24.6 Å². The van der Waals surface area contributed by atoms with Gasteiger partial charge in [0.1, 0.15) is 11.5 Å². The van der Waals surface area contributed by atoms with E-state index >= 15 is 0 Å². The number of carbonyl (C=O) groups is 1. The number of carbonyl (C=O) groups excluding carboxylic acids is 1. The van der Waals surface area contributed by atoms with Crippen molar-refractivity contribution < 1.29 is 14.3 Å². The van der Waals surface area contributed by atoms with Crippen LogP contribution < -0.4 is 4.74 Å². The molecule has 102 valence electrons. The number of ether oxygens (including phenoxy) is 2. The fraction of sp³-hybridized carbons (Fsp3) is 0.118. The number of para-hydroxylation sites is 1. The highest BCUT2D eigenvalue weighted by molar-refractivity contribution is 5.90. The van der Waals surface area contributed by atoms with E-state index in [0.717, 1.165) is 11.1 Å². The molecule has 0 spiro atoms. The molecule has 0 N–H and O–H groups in total. The maximum absolute atomic E-state index is 11.5. The highest BCUT2D eigenvalue weighted by atomic mass is 16.5. The van der Waals surface area contributed by atoms with Crippen molar-refractivity contribution in [3.63, 3.8) is 0 Å². The molecule has 0 atom stereocenters. The average molecular weight is 268 g/mol. The smallest absolute Gasteiger partial charge is 0.334 e. The largest absolute Gasteiger partial charge is 0.466 e. The zero-order chi connectivity index (χ0) is 14.4. The van der Waals surface area contributed by atoms with Crippen LogP contribution in [0, 0.1) is 6.92 Å². The third kappa shape index (κ3) is 3.48. The number of hydrogen-bond donors (Lipinski definition) is 0. The number of esters is 1. The first-order valence-corrected chi connectivity index (χ1v) is 6.29. The Morgan fingerprint density at radius 1 is 1.00 bits per heavy atom. The summed E-state index contributed by atoms with van der Waals surface area (Å²) in [4.78, 5) is 11.5. The van der Waals surface area contributed by atoms with Crippen LogP contribution in [0.15, 0.2) is 60.7 Å². The van der Waals surface area contributed by atoms with E-state index in [1.807, 2.05) is 61.5 Å². The van der Waals surface area contributed by atoms with Crippen molar-refractivity contribution >= 4 is 11.7 Å². The highest BCUT2D eigenvalue weighted by Gasteiger charge is 2.10. The Hall–Kier alpha value is -2.55. The van der Waals surface area contributed by atoms with Crippen molar-refractivity contribution in [3.05, 3.63) is 71.8 Å². The van der Waals surface area contributed by atoms with Gasteiger partial charge in [-0.1, -0.05) is 42.5 Å². The topological polar surface area (TPSA) is 35.5 Å². The molecule has 0 bridgehead atoms. The average Bonchev–Trinajstić information content (AvgIpc) is 2.48. The molecular formula is C17H16O3. The molecule has 20 heavy (non-hydrogen) atoms. The van der Waals surface area contributed by atoms with Crippen LogP contribution in [-0.4, -0.2) is 13.1 Å². The molecular weight excluding hydrogens is 252 g/mol. The molecule has 0 amide bonds. The summed E-state index contributed by atoms with van der Waals surface area (Å²) in [5.41, 5.74) is 1.89. The summed E-state index contributed by atoms with van der Waals surface area (Å²) in [5, 5.41) is 0. The Morgan fingerprint density at radius 3 is 2.30 bits per heavy atom. The lowest BCUT2D eigenvalue weighted by atomic mass is 10.1. The van der Waals surface area contributed by atoms with E-state index < -0.39 is 5.97 Å². The van der Waals surface area contributed by atoms with Gasteiger partial charge in [-0.25, -0.2) is 4.79 Å². The van der Waals surface area contributed by atoms with Gasteiger partial charge < -0.3 is 9.47 Å². The minimum atomic E-state index is -0.445. The van der Waals surface area contributed by atoms with Crippen LogP contribution in [0.2, 0.25) is 0 Å². The Balaban J connectivity index is 2.38. The molecule has 0 aliphatic rings. The quantitative estimate of drug-likeness (QED) is 0.483. The fourth-order valence-electron chi connectivity index (χ4n) is 1.79. The molecule has 2 rings (SSSR count). The van der Waals surface area contributed by atoms with Crippen molar-refractivity contribution in [2.75, 3.05) is 7.11 Å². The van der Waals surface area contributed by atoms with E-state index in [2.05, 4.69) is 4.74 Å². The minimum absolute atomic E-state index is 0.445. The molecule has 2 aromatic rings. The van der Waals surface area contributed by atoms with Gasteiger partial charge in [0, 0.05) is 5.56 Å². The number of aryl methyl sites for hydroxylation is 1. The lowest BCUT2D eigenvalue weighted by Gasteiger charge is -2.12. The first kappa shape index (κ1) is 13.9. The van der Waals surface area contributed by atoms with Gasteiger partial charge in [-0.3, -0.25) is 0 Å². The van der Waals surface area contributed by atoms with E-state index in [0.29, 0.717) is 11.5 Å². The normalized spacial score (nSPS) is 11.0. The van der Waals surface area contributed by atoms with E-state index in [4.69, 9.17) is 4.74 Å². The zero-order valence-corrected chi connectivity index (χ0v) is 11.5. The van der Waals surface area contributed by atoms with E-state index in [1.54, 1.807) is 0 Å². The van der Waals surface area contributed by atoms with Gasteiger partial charge in [-0.15, -0.1) is 0 Å². The van der Waals surface area contributed by atoms with Gasteiger partial charge in [0.2, 0.25) is 0 Å². The summed E-state index contributed by atoms with van der Waals surface area (Å²) in [5.74, 6) is 0.700. The fourth-order valence-corrected chi connectivity index (χ4v) is 1.79. The van der Waals surface area contributed by atoms with Crippen LogP contribution in [0.3, 0.4) is 0 Å². The molecule has 2 aromatic carbocycles. The molecule has 0 heterocycles. The molecule has 0 fully saturated rings. The SMILES string of the molecule is COC(=O)/C=C(/Oc1ccccc1)c1ccccc1C. The van der Waals surface area contributed by atoms with Gasteiger partial charge >= 0.3 is 5.97 Å². The molecule has 0 radical (unpaired) electrons. The lowest BCUT2D eigenvalue weighted by molar-refractivity contribution is -0.134. The number of hydrogen-bond acceptors (Lipinski definition) is 3. The Morgan fingerprint density at radius 2 is 1.65 bits per heavy atom. The molecule has 0 aliphatic carbocycles. The van der Waals surface area contributed by atoms with Crippen LogP contribution in [0.25, 0.3) is 5.76 Å². The summed E-state index contributed by atoms with van der Waals surface area (Å²) >= 11 is 0. The summed E-state index contributed by atoms with van der Waals surface area (Å²) in [6, 6.07) is 17.1. The van der Waals surface area contributed by atoms with Crippen molar-refractivity contribution in [3.8, 4) is 5.75 Å². The second-order valence-corrected chi connectivity index (χ2v) is 4.26. The third-order valence-electron chi connectivity index (χ3n) is 2.83. The predicted molar refractivity (Wildman–Crippen MR) is 78.2 cm³/mol. The van der Waals surface area contributed by atoms with Gasteiger partial charge in [0.15, 0.2) is 0 Å². The summed E-state index contributed by atoms with van der Waals surface area (Å²) in [6.07, 6.45) is 1.36. The summed E-state index contributed by atoms with van der Waals surface area (Å²) in [6.45, 7) is 1.97. The zero-order valence-electron chi connectivity index (χ0n) is 11.5. The molecule has 0 aliphatic heterocycles. The first-order chi connectivity index (χ1) is 9.70. The van der Waals surface area contributed by atoms with E-state index in [-0.39, 0.29) is 0 Å². The molecule has 0 aromatic heterocycles. The van der Waals surface area contributed by atoms with E-state index in [9.17, 15) is 4.79 Å². The number of methoxy groups -OCH3 is 1. The Labute approximate surface area is 118 Å². The molecule has 3 heteroatoms. The Kier molecular flexibility index (Phi) is 4.56. The molecule has 3 nitrogen and oxygen atoms in total. The summed E-state index contributed by atoms with van der Waals surface area (Å²) in [7, 11) is 1.34. The second kappa shape index (κ2) is 6.57. The molecule has 0 saturated heterocycles. The predicted octanol–water partition coefficient (Wildman–Crippen LogP) is 3.59. The second-order valence-electron chi connectivity index (χ2n) is 4.26. The van der Waals surface area contributed by atoms with Crippen LogP contribution in [0.4, 0.5) is 0 Å². The van der Waals surface area contributed by atoms with Crippen LogP contribution in [-0.2, 0) is 9.53 Å². The first-order valence-electron chi connectivity index (χ1n) is 6.29. The van der Waals surface area contributed by atoms with E-state index in [1.165, 1.54) is 13.2 Å². The van der Waals surface area contributed by atoms with Crippen LogP contribution >= 0.6 is 0 Å². The van der Waals surface area contributed by atoms with Crippen molar-refractivity contribution in [2.45, 2.75) is 6.92 Å². The van der Waals surface area contributed by atoms with Gasteiger partial charge in [-0.2, -0.15) is 0 Å². The number of rotatable bonds is 4. The highest BCUT2D eigenvalue weighted by Crippen LogP contribution is 2.23. The monoisotopic (exact) mass is 268 g/mol. The maximum atomic E-state index is 11.5. The minimum Gasteiger partial charge on any atom is -0.466 e.